The van der Waals surface area contributed by atoms with Crippen LogP contribution in [0, 0.1) is 5.82 Å². The summed E-state index contributed by atoms with van der Waals surface area (Å²) in [5, 5.41) is 2.71. The molecule has 2 aromatic rings. The van der Waals surface area contributed by atoms with Gasteiger partial charge in [-0.2, -0.15) is 0 Å². The van der Waals surface area contributed by atoms with Crippen LogP contribution in [0.1, 0.15) is 13.3 Å². The molecule has 3 N–H and O–H groups in total. The smallest absolute Gasteiger partial charge is 0.221 e. The third-order valence-corrected chi connectivity index (χ3v) is 2.68. The molecule has 0 spiro atoms. The first kappa shape index (κ1) is 12.3. The molecule has 0 fully saturated rings. The number of fused-ring (bicyclic) bond motifs is 1. The zero-order valence-electron chi connectivity index (χ0n) is 10.1. The Labute approximate surface area is 104 Å². The van der Waals surface area contributed by atoms with Crippen LogP contribution >= 0.6 is 0 Å². The maximum atomic E-state index is 13.0. The van der Waals surface area contributed by atoms with E-state index in [1.165, 1.54) is 12.1 Å². The van der Waals surface area contributed by atoms with Crippen LogP contribution in [-0.2, 0) is 11.3 Å². The van der Waals surface area contributed by atoms with E-state index in [-0.39, 0.29) is 11.7 Å². The lowest BCUT2D eigenvalue weighted by molar-refractivity contribution is -0.121. The molecule has 2 rings (SSSR count). The third kappa shape index (κ3) is 2.42. The van der Waals surface area contributed by atoms with Crippen LogP contribution in [0.15, 0.2) is 18.2 Å². The van der Waals surface area contributed by atoms with Crippen molar-refractivity contribution >= 4 is 22.9 Å². The summed E-state index contributed by atoms with van der Waals surface area (Å²) in [5.41, 5.74) is 7.00. The van der Waals surface area contributed by atoms with Gasteiger partial charge in [-0.15, -0.1) is 0 Å². The lowest BCUT2D eigenvalue weighted by Gasteiger charge is -2.06. The highest BCUT2D eigenvalue weighted by Gasteiger charge is 2.10. The molecule has 1 amide bonds. The lowest BCUT2D eigenvalue weighted by Crippen LogP contribution is -2.24. The number of hydrogen-bond acceptors (Lipinski definition) is 3. The van der Waals surface area contributed by atoms with Crippen LogP contribution in [0.4, 0.5) is 10.3 Å². The van der Waals surface area contributed by atoms with E-state index in [0.29, 0.717) is 31.0 Å². The van der Waals surface area contributed by atoms with Crippen molar-refractivity contribution in [1.29, 1.82) is 0 Å². The predicted octanol–water partition coefficient (Wildman–Crippen LogP) is 1.28. The molecular formula is C12H15FN4O. The minimum Gasteiger partial charge on any atom is -0.369 e. The van der Waals surface area contributed by atoms with Gasteiger partial charge in [-0.1, -0.05) is 0 Å². The number of benzene rings is 1. The van der Waals surface area contributed by atoms with Gasteiger partial charge >= 0.3 is 0 Å². The summed E-state index contributed by atoms with van der Waals surface area (Å²) in [4.78, 5) is 15.5. The van der Waals surface area contributed by atoms with E-state index < -0.39 is 0 Å². The van der Waals surface area contributed by atoms with Gasteiger partial charge in [0.1, 0.15) is 5.82 Å². The zero-order chi connectivity index (χ0) is 13.1. The molecule has 0 saturated heterocycles. The fourth-order valence-corrected chi connectivity index (χ4v) is 1.86. The van der Waals surface area contributed by atoms with E-state index in [1.807, 2.05) is 6.92 Å². The molecule has 1 heterocycles. The summed E-state index contributed by atoms with van der Waals surface area (Å²) in [6.07, 6.45) is 0.320. The maximum Gasteiger partial charge on any atom is 0.221 e. The minimum atomic E-state index is -0.351. The Kier molecular flexibility index (Phi) is 3.45. The molecule has 0 atom stereocenters. The third-order valence-electron chi connectivity index (χ3n) is 2.68. The largest absolute Gasteiger partial charge is 0.369 e. The second kappa shape index (κ2) is 5.03. The fourth-order valence-electron chi connectivity index (χ4n) is 1.86. The van der Waals surface area contributed by atoms with Crippen LogP contribution < -0.4 is 11.1 Å². The molecule has 1 aromatic heterocycles. The quantitative estimate of drug-likeness (QED) is 0.858. The van der Waals surface area contributed by atoms with E-state index in [4.69, 9.17) is 5.73 Å². The number of hydrogen-bond donors (Lipinski definition) is 2. The molecule has 0 aliphatic rings. The summed E-state index contributed by atoms with van der Waals surface area (Å²) in [7, 11) is 0. The first-order chi connectivity index (χ1) is 8.61. The molecule has 0 aliphatic carbocycles. The van der Waals surface area contributed by atoms with Crippen molar-refractivity contribution < 1.29 is 9.18 Å². The second-order valence-electron chi connectivity index (χ2n) is 3.96. The summed E-state index contributed by atoms with van der Waals surface area (Å²) in [6, 6.07) is 4.30. The second-order valence-corrected chi connectivity index (χ2v) is 3.96. The lowest BCUT2D eigenvalue weighted by atomic mass is 10.3. The molecule has 0 aliphatic heterocycles. The highest BCUT2D eigenvalue weighted by Crippen LogP contribution is 2.19. The Hall–Kier alpha value is -2.11. The number of anilines is 1. The van der Waals surface area contributed by atoms with Crippen molar-refractivity contribution in [3.8, 4) is 0 Å². The molecule has 0 bridgehead atoms. The molecular weight excluding hydrogens is 235 g/mol. The fraction of sp³-hybridized carbons (Fsp3) is 0.333. The van der Waals surface area contributed by atoms with Crippen molar-refractivity contribution in [2.24, 2.45) is 0 Å². The number of halogens is 1. The number of rotatable bonds is 4. The summed E-state index contributed by atoms with van der Waals surface area (Å²) < 4.78 is 14.8. The van der Waals surface area contributed by atoms with E-state index in [1.54, 1.807) is 10.6 Å². The average molecular weight is 250 g/mol. The van der Waals surface area contributed by atoms with Gasteiger partial charge in [-0.3, -0.25) is 4.79 Å². The van der Waals surface area contributed by atoms with Crippen molar-refractivity contribution in [1.82, 2.24) is 14.9 Å². The number of nitrogens with zero attached hydrogens (tertiary/aromatic N) is 2. The van der Waals surface area contributed by atoms with Gasteiger partial charge in [0.15, 0.2) is 0 Å². The summed E-state index contributed by atoms with van der Waals surface area (Å²) >= 11 is 0. The SMILES string of the molecule is CCNC(=O)CCn1c(N)nc2cc(F)ccc21. The minimum absolute atomic E-state index is 0.0409. The Balaban J connectivity index is 2.22. The van der Waals surface area contributed by atoms with E-state index in [9.17, 15) is 9.18 Å². The standard InChI is InChI=1S/C12H15FN4O/c1-2-15-11(18)5-6-17-10-4-3-8(13)7-9(10)16-12(17)14/h3-4,7H,2,5-6H2,1H3,(H2,14,16)(H,15,18). The van der Waals surface area contributed by atoms with Crippen LogP contribution in [0.3, 0.4) is 0 Å². The molecule has 18 heavy (non-hydrogen) atoms. The number of imidazole rings is 1. The van der Waals surface area contributed by atoms with Gasteiger partial charge in [0, 0.05) is 25.6 Å². The summed E-state index contributed by atoms with van der Waals surface area (Å²) in [5.74, 6) is -0.100. The Morgan fingerprint density at radius 3 is 3.06 bits per heavy atom. The topological polar surface area (TPSA) is 72.9 Å². The normalized spacial score (nSPS) is 10.8. The van der Waals surface area contributed by atoms with Crippen molar-refractivity contribution in [2.45, 2.75) is 19.9 Å². The van der Waals surface area contributed by atoms with Crippen molar-refractivity contribution in [3.05, 3.63) is 24.0 Å². The number of nitrogens with two attached hydrogens (primary N) is 1. The number of amides is 1. The maximum absolute atomic E-state index is 13.0. The van der Waals surface area contributed by atoms with E-state index >= 15 is 0 Å². The van der Waals surface area contributed by atoms with Gasteiger partial charge in [-0.25, -0.2) is 9.37 Å². The first-order valence-electron chi connectivity index (χ1n) is 5.79. The summed E-state index contributed by atoms with van der Waals surface area (Å²) in [6.45, 7) is 2.89. The molecule has 0 radical (unpaired) electrons. The number of carbonyl (C=O) groups is 1. The number of nitrogens with one attached hydrogen (secondary N) is 1. The number of aromatic nitrogens is 2. The molecule has 5 nitrogen and oxygen atoms in total. The molecule has 0 saturated carbocycles. The van der Waals surface area contributed by atoms with Crippen molar-refractivity contribution in [2.75, 3.05) is 12.3 Å². The monoisotopic (exact) mass is 250 g/mol. The Morgan fingerprint density at radius 2 is 2.33 bits per heavy atom. The van der Waals surface area contributed by atoms with Gasteiger partial charge < -0.3 is 15.6 Å². The van der Waals surface area contributed by atoms with Crippen LogP contribution in [0.25, 0.3) is 11.0 Å². The average Bonchev–Trinajstić information content (AvgIpc) is 2.61. The van der Waals surface area contributed by atoms with Gasteiger partial charge in [-0.05, 0) is 19.1 Å². The van der Waals surface area contributed by atoms with Gasteiger partial charge in [0.2, 0.25) is 11.9 Å². The highest BCUT2D eigenvalue weighted by atomic mass is 19.1. The molecule has 96 valence electrons. The number of nitrogen functional groups attached to an aromatic ring is 1. The zero-order valence-corrected chi connectivity index (χ0v) is 10.1. The Morgan fingerprint density at radius 1 is 1.56 bits per heavy atom. The van der Waals surface area contributed by atoms with E-state index in [0.717, 1.165) is 5.52 Å². The van der Waals surface area contributed by atoms with Crippen LogP contribution in [0.2, 0.25) is 0 Å². The van der Waals surface area contributed by atoms with Crippen molar-refractivity contribution in [3.63, 3.8) is 0 Å². The Bertz CT molecular complexity index is 579. The van der Waals surface area contributed by atoms with E-state index in [2.05, 4.69) is 10.3 Å². The molecule has 6 heteroatoms. The predicted molar refractivity (Wildman–Crippen MR) is 67.4 cm³/mol. The number of aryl methyl sites for hydroxylation is 1. The van der Waals surface area contributed by atoms with Crippen LogP contribution in [-0.4, -0.2) is 22.0 Å². The highest BCUT2D eigenvalue weighted by molar-refractivity contribution is 5.79. The molecule has 0 unspecified atom stereocenters. The van der Waals surface area contributed by atoms with Gasteiger partial charge in [0.25, 0.3) is 0 Å². The number of carbonyl (C=O) groups excluding carboxylic acids is 1. The van der Waals surface area contributed by atoms with Crippen LogP contribution in [0.5, 0.6) is 0 Å². The van der Waals surface area contributed by atoms with Gasteiger partial charge in [0.05, 0.1) is 11.0 Å². The molecule has 1 aromatic carbocycles. The first-order valence-corrected chi connectivity index (χ1v) is 5.79.